The topological polar surface area (TPSA) is 105 Å². The third-order valence-corrected chi connectivity index (χ3v) is 8.15. The highest BCUT2D eigenvalue weighted by Gasteiger charge is 2.33. The van der Waals surface area contributed by atoms with Crippen LogP contribution in [0.1, 0.15) is 56.2 Å². The number of halogens is 5. The standard InChI is InChI=1S/C32H24F5NO6S/c33-25-24(26(34)28(36)29(37)27(25)35)30(40)38-20-3-1-2-19(12-20)32-43-21(15-45-22-10-8-18(9-11-22)31(41)42)13-23(44-32)17-6-4-16(14-39)5-7-17/h1-12,21,23,32,39H,13-15H2,(H,38,40)(H,41,42)/t21-,23+,32+/m0/s1. The van der Waals surface area contributed by atoms with Crippen molar-refractivity contribution < 1.29 is 51.2 Å². The summed E-state index contributed by atoms with van der Waals surface area (Å²) in [6, 6.07) is 19.4. The molecule has 1 amide bonds. The van der Waals surface area contributed by atoms with Crippen LogP contribution in [0.4, 0.5) is 27.6 Å². The van der Waals surface area contributed by atoms with Gasteiger partial charge in [0.25, 0.3) is 5.91 Å². The monoisotopic (exact) mass is 645 g/mol. The summed E-state index contributed by atoms with van der Waals surface area (Å²) in [6.45, 7) is -0.138. The maximum atomic E-state index is 14.2. The van der Waals surface area contributed by atoms with Crippen molar-refractivity contribution in [1.82, 2.24) is 0 Å². The summed E-state index contributed by atoms with van der Waals surface area (Å²) in [7, 11) is 0. The first-order chi connectivity index (χ1) is 21.5. The molecule has 1 aliphatic heterocycles. The lowest BCUT2D eigenvalue weighted by Crippen LogP contribution is -2.31. The summed E-state index contributed by atoms with van der Waals surface area (Å²) in [6.07, 6.45) is -1.41. The van der Waals surface area contributed by atoms with Crippen molar-refractivity contribution in [3.8, 4) is 0 Å². The average molecular weight is 646 g/mol. The van der Waals surface area contributed by atoms with E-state index in [4.69, 9.17) is 14.6 Å². The van der Waals surface area contributed by atoms with Gasteiger partial charge in [0.05, 0.1) is 24.4 Å². The van der Waals surface area contributed by atoms with Crippen LogP contribution in [0.25, 0.3) is 0 Å². The van der Waals surface area contributed by atoms with E-state index in [1.165, 1.54) is 42.1 Å². The number of thioether (sulfide) groups is 1. The number of carbonyl (C=O) groups excluding carboxylic acids is 1. The average Bonchev–Trinajstić information content (AvgIpc) is 3.05. The van der Waals surface area contributed by atoms with E-state index >= 15 is 0 Å². The SMILES string of the molecule is O=C(O)c1ccc(SC[C@@H]2C[C@H](c3ccc(CO)cc3)O[C@H](c3cccc(NC(=O)c4c(F)c(F)c(F)c(F)c4F)c3)O2)cc1. The van der Waals surface area contributed by atoms with E-state index in [2.05, 4.69) is 5.32 Å². The largest absolute Gasteiger partial charge is 0.478 e. The van der Waals surface area contributed by atoms with Crippen molar-refractivity contribution in [3.63, 3.8) is 0 Å². The first kappa shape index (κ1) is 32.1. The molecule has 234 valence electrons. The van der Waals surface area contributed by atoms with Crippen LogP contribution in [0.5, 0.6) is 0 Å². The molecule has 4 aromatic rings. The molecule has 7 nitrogen and oxygen atoms in total. The Balaban J connectivity index is 1.37. The van der Waals surface area contributed by atoms with Crippen LogP contribution in [0, 0.1) is 29.1 Å². The van der Waals surface area contributed by atoms with Gasteiger partial charge in [0, 0.05) is 28.3 Å². The molecule has 13 heteroatoms. The van der Waals surface area contributed by atoms with Gasteiger partial charge in [-0.15, -0.1) is 11.8 Å². The van der Waals surface area contributed by atoms with E-state index in [1.807, 2.05) is 12.1 Å². The highest BCUT2D eigenvalue weighted by atomic mass is 32.2. The smallest absolute Gasteiger partial charge is 0.335 e. The van der Waals surface area contributed by atoms with E-state index in [9.17, 15) is 36.6 Å². The van der Waals surface area contributed by atoms with Gasteiger partial charge in [-0.3, -0.25) is 4.79 Å². The van der Waals surface area contributed by atoms with Gasteiger partial charge in [0.15, 0.2) is 29.6 Å². The normalized spacial score (nSPS) is 18.0. The minimum Gasteiger partial charge on any atom is -0.478 e. The van der Waals surface area contributed by atoms with Crippen LogP contribution in [0.2, 0.25) is 0 Å². The number of aromatic carboxylic acids is 1. The highest BCUT2D eigenvalue weighted by molar-refractivity contribution is 7.99. The van der Waals surface area contributed by atoms with Gasteiger partial charge < -0.3 is 25.0 Å². The second-order valence-corrected chi connectivity index (χ2v) is 11.1. The molecule has 1 fully saturated rings. The van der Waals surface area contributed by atoms with E-state index in [0.29, 0.717) is 23.3 Å². The molecular weight excluding hydrogens is 621 g/mol. The molecular formula is C32H24F5NO6S. The zero-order valence-electron chi connectivity index (χ0n) is 23.1. The van der Waals surface area contributed by atoms with E-state index in [1.54, 1.807) is 30.3 Å². The summed E-state index contributed by atoms with van der Waals surface area (Å²) < 4.78 is 81.7. The first-order valence-corrected chi connectivity index (χ1v) is 14.4. The second-order valence-electron chi connectivity index (χ2n) is 10.0. The molecule has 0 spiro atoms. The number of nitrogens with one attached hydrogen (secondary N) is 1. The number of rotatable bonds is 9. The van der Waals surface area contributed by atoms with Crippen LogP contribution in [0.15, 0.2) is 77.7 Å². The van der Waals surface area contributed by atoms with Crippen LogP contribution in [-0.2, 0) is 16.1 Å². The molecule has 1 aliphatic rings. The minimum atomic E-state index is -2.37. The zero-order chi connectivity index (χ0) is 32.2. The molecule has 1 heterocycles. The Labute approximate surface area is 257 Å². The zero-order valence-corrected chi connectivity index (χ0v) is 23.9. The number of benzene rings is 4. The molecule has 0 aromatic heterocycles. The van der Waals surface area contributed by atoms with Gasteiger partial charge in [-0.2, -0.15) is 0 Å². The van der Waals surface area contributed by atoms with Gasteiger partial charge in [-0.05, 0) is 47.5 Å². The van der Waals surface area contributed by atoms with Crippen LogP contribution in [0.3, 0.4) is 0 Å². The molecule has 0 aliphatic carbocycles. The maximum Gasteiger partial charge on any atom is 0.335 e. The van der Waals surface area contributed by atoms with E-state index < -0.39 is 58.9 Å². The quantitative estimate of drug-likeness (QED) is 0.0768. The first-order valence-electron chi connectivity index (χ1n) is 13.4. The van der Waals surface area contributed by atoms with Crippen molar-refractivity contribution in [1.29, 1.82) is 0 Å². The van der Waals surface area contributed by atoms with Crippen LogP contribution < -0.4 is 5.32 Å². The molecule has 3 N–H and O–H groups in total. The predicted octanol–water partition coefficient (Wildman–Crippen LogP) is 7.16. The lowest BCUT2D eigenvalue weighted by atomic mass is 10.0. The summed E-state index contributed by atoms with van der Waals surface area (Å²) in [4.78, 5) is 24.6. The predicted molar refractivity (Wildman–Crippen MR) is 153 cm³/mol. The summed E-state index contributed by atoms with van der Waals surface area (Å²) >= 11 is 1.44. The molecule has 4 aromatic carbocycles. The Morgan fingerprint density at radius 3 is 2.09 bits per heavy atom. The molecule has 0 radical (unpaired) electrons. The molecule has 3 atom stereocenters. The summed E-state index contributed by atoms with van der Waals surface area (Å²) in [5, 5.41) is 20.7. The third kappa shape index (κ3) is 7.17. The molecule has 5 rings (SSSR count). The third-order valence-electron chi connectivity index (χ3n) is 7.01. The van der Waals surface area contributed by atoms with E-state index in [0.717, 1.165) is 10.5 Å². The fourth-order valence-corrected chi connectivity index (χ4v) is 5.59. The highest BCUT2D eigenvalue weighted by Crippen LogP contribution is 2.40. The Morgan fingerprint density at radius 1 is 0.822 bits per heavy atom. The maximum absolute atomic E-state index is 14.2. The lowest BCUT2D eigenvalue weighted by Gasteiger charge is -2.36. The number of hydrogen-bond donors (Lipinski definition) is 3. The number of aliphatic hydroxyl groups is 1. The number of ether oxygens (including phenoxy) is 2. The van der Waals surface area contributed by atoms with Crippen molar-refractivity contribution in [2.75, 3.05) is 11.1 Å². The van der Waals surface area contributed by atoms with Crippen molar-refractivity contribution in [2.45, 2.75) is 36.4 Å². The number of hydrogen-bond acceptors (Lipinski definition) is 6. The molecule has 45 heavy (non-hydrogen) atoms. The number of amides is 1. The summed E-state index contributed by atoms with van der Waals surface area (Å²) in [5.41, 5.74) is 0.408. The number of anilines is 1. The van der Waals surface area contributed by atoms with Gasteiger partial charge in [0.1, 0.15) is 5.56 Å². The number of carboxylic acid groups (broad SMARTS) is 1. The second kappa shape index (κ2) is 13.8. The van der Waals surface area contributed by atoms with E-state index in [-0.39, 0.29) is 24.0 Å². The molecule has 0 unspecified atom stereocenters. The summed E-state index contributed by atoms with van der Waals surface area (Å²) in [5.74, 6) is -13.5. The van der Waals surface area contributed by atoms with Gasteiger partial charge in [0.2, 0.25) is 5.82 Å². The van der Waals surface area contributed by atoms with Gasteiger partial charge in [-0.1, -0.05) is 36.4 Å². The molecule has 1 saturated heterocycles. The fourth-order valence-electron chi connectivity index (χ4n) is 4.67. The van der Waals surface area contributed by atoms with Gasteiger partial charge >= 0.3 is 5.97 Å². The Hall–Kier alpha value is -4.30. The Morgan fingerprint density at radius 2 is 1.47 bits per heavy atom. The Bertz CT molecular complexity index is 1690. The number of carbonyl (C=O) groups is 2. The number of carboxylic acids is 1. The molecule has 0 saturated carbocycles. The Kier molecular flexibility index (Phi) is 9.83. The van der Waals surface area contributed by atoms with Crippen LogP contribution in [-0.4, -0.2) is 33.9 Å². The van der Waals surface area contributed by atoms with Crippen molar-refractivity contribution in [3.05, 3.63) is 130 Å². The fraction of sp³-hybridized carbons (Fsp3) is 0.188. The lowest BCUT2D eigenvalue weighted by molar-refractivity contribution is -0.245. The molecule has 0 bridgehead atoms. The van der Waals surface area contributed by atoms with Crippen molar-refractivity contribution >= 4 is 29.3 Å². The number of aliphatic hydroxyl groups excluding tert-OH is 1. The minimum absolute atomic E-state index is 0.0208. The van der Waals surface area contributed by atoms with Gasteiger partial charge in [-0.25, -0.2) is 26.7 Å². The van der Waals surface area contributed by atoms with Crippen molar-refractivity contribution in [2.24, 2.45) is 0 Å². The van der Waals surface area contributed by atoms with Crippen LogP contribution >= 0.6 is 11.8 Å².